The summed E-state index contributed by atoms with van der Waals surface area (Å²) in [6.07, 6.45) is 4.93. The highest BCUT2D eigenvalue weighted by molar-refractivity contribution is 5.27. The molecule has 1 aliphatic rings. The van der Waals surface area contributed by atoms with Crippen LogP contribution in [-0.4, -0.2) is 68.2 Å². The second-order valence-corrected chi connectivity index (χ2v) is 5.86. The molecule has 0 bridgehead atoms. The van der Waals surface area contributed by atoms with E-state index in [1.165, 1.54) is 12.0 Å². The summed E-state index contributed by atoms with van der Waals surface area (Å²) in [5.74, 6) is 0.819. The van der Waals surface area contributed by atoms with Crippen molar-refractivity contribution in [2.45, 2.75) is 25.4 Å². The van der Waals surface area contributed by atoms with E-state index in [9.17, 15) is 0 Å². The summed E-state index contributed by atoms with van der Waals surface area (Å²) in [7, 11) is 6.12. The lowest BCUT2D eigenvalue weighted by Crippen LogP contribution is -2.47. The summed E-state index contributed by atoms with van der Waals surface area (Å²) < 4.78 is 5.33. The molecule has 0 radical (unpaired) electrons. The Morgan fingerprint density at radius 3 is 2.90 bits per heavy atom. The molecule has 5 nitrogen and oxygen atoms in total. The molecule has 1 aromatic heterocycles. The highest BCUT2D eigenvalue weighted by Gasteiger charge is 2.29. The van der Waals surface area contributed by atoms with E-state index in [0.29, 0.717) is 6.04 Å². The minimum absolute atomic E-state index is 0.267. The molecule has 0 amide bonds. The normalized spacial score (nSPS) is 22.8. The number of rotatable bonds is 5. The summed E-state index contributed by atoms with van der Waals surface area (Å²) in [5.41, 5.74) is 1.20. The number of ether oxygens (including phenoxy) is 1. The average molecular weight is 292 g/mol. The van der Waals surface area contributed by atoms with E-state index in [1.807, 2.05) is 6.20 Å². The third kappa shape index (κ3) is 4.15. The van der Waals surface area contributed by atoms with Gasteiger partial charge in [0.1, 0.15) is 5.75 Å². The standard InChI is InChI=1S/C16H28N4O/c1-5-18-16(13-9-14(21-4)11-17-10-13)15-12-19(2)7-6-8-20(15)3/h9-11,15-16,18H,5-8,12H2,1-4H3. The molecule has 5 heteroatoms. The van der Waals surface area contributed by atoms with Crippen LogP contribution in [0.5, 0.6) is 5.75 Å². The van der Waals surface area contributed by atoms with E-state index in [4.69, 9.17) is 4.74 Å². The highest BCUT2D eigenvalue weighted by Crippen LogP contribution is 2.25. The zero-order valence-electron chi connectivity index (χ0n) is 13.7. The topological polar surface area (TPSA) is 40.6 Å². The first kappa shape index (κ1) is 16.2. The summed E-state index contributed by atoms with van der Waals surface area (Å²) in [6, 6.07) is 2.80. The van der Waals surface area contributed by atoms with Crippen molar-refractivity contribution >= 4 is 0 Å². The van der Waals surface area contributed by atoms with Crippen LogP contribution in [-0.2, 0) is 0 Å². The van der Waals surface area contributed by atoms with Gasteiger partial charge in [0.05, 0.1) is 19.3 Å². The lowest BCUT2D eigenvalue weighted by Gasteiger charge is -2.35. The van der Waals surface area contributed by atoms with E-state index >= 15 is 0 Å². The van der Waals surface area contributed by atoms with Crippen molar-refractivity contribution < 1.29 is 4.74 Å². The highest BCUT2D eigenvalue weighted by atomic mass is 16.5. The second-order valence-electron chi connectivity index (χ2n) is 5.86. The van der Waals surface area contributed by atoms with Crippen LogP contribution >= 0.6 is 0 Å². The average Bonchev–Trinajstić information content (AvgIpc) is 2.66. The van der Waals surface area contributed by atoms with Crippen LogP contribution in [0.3, 0.4) is 0 Å². The summed E-state index contributed by atoms with van der Waals surface area (Å²) in [6.45, 7) is 6.45. The van der Waals surface area contributed by atoms with Crippen molar-refractivity contribution in [1.29, 1.82) is 0 Å². The van der Waals surface area contributed by atoms with Crippen LogP contribution < -0.4 is 10.1 Å². The van der Waals surface area contributed by atoms with Gasteiger partial charge in [-0.25, -0.2) is 0 Å². The van der Waals surface area contributed by atoms with E-state index in [0.717, 1.165) is 31.9 Å². The number of hydrogen-bond donors (Lipinski definition) is 1. The van der Waals surface area contributed by atoms with Gasteiger partial charge < -0.3 is 19.9 Å². The maximum Gasteiger partial charge on any atom is 0.137 e. The molecule has 0 aliphatic carbocycles. The fourth-order valence-corrected chi connectivity index (χ4v) is 3.08. The molecule has 21 heavy (non-hydrogen) atoms. The van der Waals surface area contributed by atoms with Gasteiger partial charge in [-0.3, -0.25) is 4.98 Å². The Morgan fingerprint density at radius 2 is 2.19 bits per heavy atom. The lowest BCUT2D eigenvalue weighted by atomic mass is 9.99. The van der Waals surface area contributed by atoms with Gasteiger partial charge in [-0.1, -0.05) is 6.92 Å². The van der Waals surface area contributed by atoms with E-state index in [2.05, 4.69) is 47.2 Å². The number of likely N-dealkylation sites (N-methyl/N-ethyl adjacent to an activating group) is 3. The summed E-state index contributed by atoms with van der Waals surface area (Å²) in [4.78, 5) is 9.22. The molecule has 2 rings (SSSR count). The Kier molecular flexibility index (Phi) is 5.96. The van der Waals surface area contributed by atoms with Crippen molar-refractivity contribution in [2.75, 3.05) is 47.4 Å². The Morgan fingerprint density at radius 1 is 1.38 bits per heavy atom. The van der Waals surface area contributed by atoms with Gasteiger partial charge in [-0.15, -0.1) is 0 Å². The van der Waals surface area contributed by atoms with Crippen molar-refractivity contribution in [3.05, 3.63) is 24.0 Å². The molecular weight excluding hydrogens is 264 g/mol. The SMILES string of the molecule is CCNC(c1cncc(OC)c1)C1CN(C)CCCN1C. The number of methoxy groups -OCH3 is 1. The monoisotopic (exact) mass is 292 g/mol. The van der Waals surface area contributed by atoms with Crippen molar-refractivity contribution in [2.24, 2.45) is 0 Å². The molecule has 2 atom stereocenters. The predicted octanol–water partition coefficient (Wildman–Crippen LogP) is 1.38. The minimum Gasteiger partial charge on any atom is -0.495 e. The Hall–Kier alpha value is -1.17. The summed E-state index contributed by atoms with van der Waals surface area (Å²) >= 11 is 0. The van der Waals surface area contributed by atoms with Crippen molar-refractivity contribution in [1.82, 2.24) is 20.1 Å². The Balaban J connectivity index is 2.27. The number of hydrogen-bond acceptors (Lipinski definition) is 5. The molecule has 0 saturated carbocycles. The Bertz CT molecular complexity index is 440. The van der Waals surface area contributed by atoms with Crippen molar-refractivity contribution in [3.63, 3.8) is 0 Å². The van der Waals surface area contributed by atoms with Crippen LogP contribution in [0, 0.1) is 0 Å². The third-order valence-corrected chi connectivity index (χ3v) is 4.25. The molecule has 0 spiro atoms. The van der Waals surface area contributed by atoms with Gasteiger partial charge in [-0.2, -0.15) is 0 Å². The smallest absolute Gasteiger partial charge is 0.137 e. The van der Waals surface area contributed by atoms with Crippen LogP contribution in [0.25, 0.3) is 0 Å². The van der Waals surface area contributed by atoms with E-state index < -0.39 is 0 Å². The number of nitrogens with zero attached hydrogens (tertiary/aromatic N) is 3. The van der Waals surface area contributed by atoms with Crippen LogP contribution in [0.2, 0.25) is 0 Å². The molecule has 118 valence electrons. The quantitative estimate of drug-likeness (QED) is 0.888. The largest absolute Gasteiger partial charge is 0.495 e. The van der Waals surface area contributed by atoms with Gasteiger partial charge in [0.15, 0.2) is 0 Å². The fraction of sp³-hybridized carbons (Fsp3) is 0.688. The first-order valence-corrected chi connectivity index (χ1v) is 7.76. The maximum absolute atomic E-state index is 5.33. The first-order valence-electron chi connectivity index (χ1n) is 7.76. The number of nitrogens with one attached hydrogen (secondary N) is 1. The predicted molar refractivity (Wildman–Crippen MR) is 85.7 cm³/mol. The van der Waals surface area contributed by atoms with Gasteiger partial charge >= 0.3 is 0 Å². The van der Waals surface area contributed by atoms with Gasteiger partial charge in [0.2, 0.25) is 0 Å². The number of aromatic nitrogens is 1. The van der Waals surface area contributed by atoms with Crippen LogP contribution in [0.1, 0.15) is 24.9 Å². The molecule has 1 aliphatic heterocycles. The zero-order valence-corrected chi connectivity index (χ0v) is 13.7. The summed E-state index contributed by atoms with van der Waals surface area (Å²) in [5, 5.41) is 3.63. The third-order valence-electron chi connectivity index (χ3n) is 4.25. The zero-order chi connectivity index (χ0) is 15.2. The van der Waals surface area contributed by atoms with Crippen LogP contribution in [0.4, 0.5) is 0 Å². The molecule has 0 aromatic carbocycles. The minimum atomic E-state index is 0.267. The molecular formula is C16H28N4O. The number of pyridine rings is 1. The van der Waals surface area contributed by atoms with Gasteiger partial charge in [0, 0.05) is 18.8 Å². The second kappa shape index (κ2) is 7.73. The fourth-order valence-electron chi connectivity index (χ4n) is 3.08. The maximum atomic E-state index is 5.33. The first-order chi connectivity index (χ1) is 10.2. The lowest BCUT2D eigenvalue weighted by molar-refractivity contribution is 0.179. The molecule has 1 aromatic rings. The molecule has 2 unspecified atom stereocenters. The Labute approximate surface area is 128 Å². The molecule has 1 fully saturated rings. The molecule has 1 saturated heterocycles. The van der Waals surface area contributed by atoms with Crippen molar-refractivity contribution in [3.8, 4) is 5.75 Å². The molecule has 2 heterocycles. The molecule has 1 N–H and O–H groups in total. The van der Waals surface area contributed by atoms with E-state index in [1.54, 1.807) is 13.3 Å². The van der Waals surface area contributed by atoms with Crippen LogP contribution in [0.15, 0.2) is 18.5 Å². The van der Waals surface area contributed by atoms with E-state index in [-0.39, 0.29) is 6.04 Å². The van der Waals surface area contributed by atoms with Gasteiger partial charge in [0.25, 0.3) is 0 Å². The van der Waals surface area contributed by atoms with Gasteiger partial charge in [-0.05, 0) is 51.8 Å².